The molecule has 1 fully saturated rings. The van der Waals surface area contributed by atoms with Gasteiger partial charge in [-0.05, 0) is 30.3 Å². The standard InChI is InChI=1S/C26H20FN3O5/c1-34-25(32)23-11-10-18(35-23)15-29-13-17(19-7-3-5-9-22(19)29)12-21-24(31)30(26(33)28-21)14-16-6-2-4-8-20(16)27/h2-13H,14-15H2,1H3,(H,28,33)/b21-12-. The smallest absolute Gasteiger partial charge is 0.373 e. The van der Waals surface area contributed by atoms with Crippen LogP contribution in [0.3, 0.4) is 0 Å². The molecular formula is C26H20FN3O5. The number of aromatic nitrogens is 1. The monoisotopic (exact) mass is 473 g/mol. The van der Waals surface area contributed by atoms with Gasteiger partial charge in [0.25, 0.3) is 5.91 Å². The van der Waals surface area contributed by atoms with Crippen molar-refractivity contribution in [3.8, 4) is 0 Å². The number of fused-ring (bicyclic) bond motifs is 1. The molecule has 0 spiro atoms. The van der Waals surface area contributed by atoms with E-state index >= 15 is 0 Å². The summed E-state index contributed by atoms with van der Waals surface area (Å²) in [5, 5.41) is 3.44. The van der Waals surface area contributed by atoms with Crippen LogP contribution in [0.15, 0.2) is 77.0 Å². The molecule has 0 unspecified atom stereocenters. The number of ether oxygens (including phenoxy) is 1. The molecule has 9 heteroatoms. The number of hydrogen-bond acceptors (Lipinski definition) is 5. The highest BCUT2D eigenvalue weighted by atomic mass is 19.1. The van der Waals surface area contributed by atoms with Crippen molar-refractivity contribution in [1.82, 2.24) is 14.8 Å². The highest BCUT2D eigenvalue weighted by Gasteiger charge is 2.34. The van der Waals surface area contributed by atoms with Crippen LogP contribution in [0.5, 0.6) is 0 Å². The quantitative estimate of drug-likeness (QED) is 0.256. The van der Waals surface area contributed by atoms with Crippen LogP contribution in [-0.4, -0.2) is 34.5 Å². The zero-order valence-electron chi connectivity index (χ0n) is 18.7. The van der Waals surface area contributed by atoms with Gasteiger partial charge in [0.05, 0.1) is 20.2 Å². The first kappa shape index (κ1) is 22.1. The van der Waals surface area contributed by atoms with Crippen LogP contribution in [0.2, 0.25) is 0 Å². The average molecular weight is 473 g/mol. The third kappa shape index (κ3) is 4.19. The van der Waals surface area contributed by atoms with Crippen LogP contribution >= 0.6 is 0 Å². The summed E-state index contributed by atoms with van der Waals surface area (Å²) in [7, 11) is 1.28. The van der Waals surface area contributed by atoms with E-state index in [1.54, 1.807) is 30.3 Å². The van der Waals surface area contributed by atoms with Crippen LogP contribution in [0.25, 0.3) is 17.0 Å². The second-order valence-electron chi connectivity index (χ2n) is 7.96. The minimum atomic E-state index is -0.612. The number of furan rings is 1. The lowest BCUT2D eigenvalue weighted by Crippen LogP contribution is -2.30. The van der Waals surface area contributed by atoms with Gasteiger partial charge in [0.2, 0.25) is 5.76 Å². The van der Waals surface area contributed by atoms with Crippen molar-refractivity contribution < 1.29 is 27.9 Å². The number of halogens is 1. The van der Waals surface area contributed by atoms with Crippen LogP contribution in [-0.2, 0) is 22.6 Å². The van der Waals surface area contributed by atoms with E-state index in [1.807, 2.05) is 35.0 Å². The molecule has 1 aliphatic rings. The first-order valence-corrected chi connectivity index (χ1v) is 10.8. The fourth-order valence-electron chi connectivity index (χ4n) is 4.03. The van der Waals surface area contributed by atoms with Crippen molar-refractivity contribution in [3.05, 3.63) is 101 Å². The molecule has 2 aromatic heterocycles. The minimum Gasteiger partial charge on any atom is -0.463 e. The zero-order chi connectivity index (χ0) is 24.5. The van der Waals surface area contributed by atoms with E-state index in [1.165, 1.54) is 19.2 Å². The number of carbonyl (C=O) groups excluding carboxylic acids is 3. The Morgan fingerprint density at radius 2 is 1.83 bits per heavy atom. The second kappa shape index (κ2) is 8.94. The lowest BCUT2D eigenvalue weighted by molar-refractivity contribution is -0.123. The van der Waals surface area contributed by atoms with Gasteiger partial charge in [0.15, 0.2) is 0 Å². The number of nitrogens with zero attached hydrogens (tertiary/aromatic N) is 2. The summed E-state index contributed by atoms with van der Waals surface area (Å²) in [6.45, 7) is 0.165. The number of methoxy groups -OCH3 is 1. The van der Waals surface area contributed by atoms with Crippen LogP contribution in [0.1, 0.15) is 27.4 Å². The third-order valence-electron chi connectivity index (χ3n) is 5.74. The molecule has 1 saturated heterocycles. The molecule has 0 radical (unpaired) electrons. The summed E-state index contributed by atoms with van der Waals surface area (Å²) < 4.78 is 26.2. The van der Waals surface area contributed by atoms with Gasteiger partial charge in [-0.25, -0.2) is 14.0 Å². The molecular weight excluding hydrogens is 453 g/mol. The summed E-state index contributed by atoms with van der Waals surface area (Å²) >= 11 is 0. The first-order valence-electron chi connectivity index (χ1n) is 10.8. The topological polar surface area (TPSA) is 93.8 Å². The number of carbonyl (C=O) groups is 3. The van der Waals surface area contributed by atoms with E-state index in [2.05, 4.69) is 10.1 Å². The minimum absolute atomic E-state index is 0.0974. The lowest BCUT2D eigenvalue weighted by Gasteiger charge is -2.12. The van der Waals surface area contributed by atoms with E-state index in [0.717, 1.165) is 15.8 Å². The Morgan fingerprint density at radius 3 is 2.63 bits per heavy atom. The summed E-state index contributed by atoms with van der Waals surface area (Å²) in [5.74, 6) is -0.928. The van der Waals surface area contributed by atoms with Crippen molar-refractivity contribution >= 4 is 34.9 Å². The molecule has 1 aliphatic heterocycles. The van der Waals surface area contributed by atoms with Crippen molar-refractivity contribution in [1.29, 1.82) is 0 Å². The summed E-state index contributed by atoms with van der Waals surface area (Å²) in [4.78, 5) is 38.1. The number of hydrogen-bond donors (Lipinski definition) is 1. The maximum absolute atomic E-state index is 14.0. The average Bonchev–Trinajstić information content (AvgIpc) is 3.54. The normalized spacial score (nSPS) is 14.7. The number of benzene rings is 2. The number of rotatable bonds is 6. The molecule has 3 amide bonds. The van der Waals surface area contributed by atoms with Crippen LogP contribution in [0, 0.1) is 5.82 Å². The molecule has 3 heterocycles. The molecule has 1 N–H and O–H groups in total. The first-order chi connectivity index (χ1) is 16.9. The van der Waals surface area contributed by atoms with Crippen molar-refractivity contribution in [2.75, 3.05) is 7.11 Å². The zero-order valence-corrected chi connectivity index (χ0v) is 18.7. The summed E-state index contributed by atoms with van der Waals surface area (Å²) in [6, 6.07) is 16.2. The Labute approximate surface area is 199 Å². The third-order valence-corrected chi connectivity index (χ3v) is 5.74. The largest absolute Gasteiger partial charge is 0.463 e. The number of amides is 3. The van der Waals surface area contributed by atoms with Gasteiger partial charge < -0.3 is 19.0 Å². The predicted octanol–water partition coefficient (Wildman–Crippen LogP) is 4.30. The van der Waals surface area contributed by atoms with Gasteiger partial charge >= 0.3 is 12.0 Å². The molecule has 35 heavy (non-hydrogen) atoms. The van der Waals surface area contributed by atoms with Crippen LogP contribution in [0.4, 0.5) is 9.18 Å². The Bertz CT molecular complexity index is 1500. The van der Waals surface area contributed by atoms with Crippen LogP contribution < -0.4 is 5.32 Å². The van der Waals surface area contributed by atoms with E-state index < -0.39 is 23.7 Å². The predicted molar refractivity (Wildman–Crippen MR) is 125 cm³/mol. The molecule has 0 atom stereocenters. The van der Waals surface area contributed by atoms with Crippen molar-refractivity contribution in [2.45, 2.75) is 13.1 Å². The molecule has 8 nitrogen and oxygen atoms in total. The molecule has 4 aromatic rings. The SMILES string of the molecule is COC(=O)c1ccc(Cn2cc(/C=C3\NC(=O)N(Cc4ccccc4F)C3=O)c3ccccc32)o1. The van der Waals surface area contributed by atoms with Gasteiger partial charge in [0, 0.05) is 28.2 Å². The lowest BCUT2D eigenvalue weighted by atomic mass is 10.1. The molecule has 0 aliphatic carbocycles. The van der Waals surface area contributed by atoms with Gasteiger partial charge in [-0.2, -0.15) is 0 Å². The maximum Gasteiger partial charge on any atom is 0.373 e. The molecule has 176 valence electrons. The Hall–Kier alpha value is -4.66. The Kier molecular flexibility index (Phi) is 5.66. The number of urea groups is 1. The number of para-hydroxylation sites is 1. The van der Waals surface area contributed by atoms with Gasteiger partial charge in [0.1, 0.15) is 17.3 Å². The molecule has 5 rings (SSSR count). The Morgan fingerprint density at radius 1 is 1.06 bits per heavy atom. The van der Waals surface area contributed by atoms with E-state index in [-0.39, 0.29) is 23.6 Å². The van der Waals surface area contributed by atoms with Gasteiger partial charge in [-0.15, -0.1) is 0 Å². The molecule has 2 aromatic carbocycles. The number of nitrogens with one attached hydrogen (secondary N) is 1. The highest BCUT2D eigenvalue weighted by molar-refractivity contribution is 6.14. The van der Waals surface area contributed by atoms with E-state index in [4.69, 9.17) is 4.42 Å². The van der Waals surface area contributed by atoms with Gasteiger partial charge in [-0.3, -0.25) is 9.69 Å². The van der Waals surface area contributed by atoms with E-state index in [9.17, 15) is 18.8 Å². The van der Waals surface area contributed by atoms with Gasteiger partial charge in [-0.1, -0.05) is 36.4 Å². The van der Waals surface area contributed by atoms with Crippen molar-refractivity contribution in [2.24, 2.45) is 0 Å². The summed E-state index contributed by atoms with van der Waals surface area (Å²) in [5.41, 5.74) is 1.92. The second-order valence-corrected chi connectivity index (χ2v) is 7.96. The maximum atomic E-state index is 14.0. The molecule has 0 bridgehead atoms. The fourth-order valence-corrected chi connectivity index (χ4v) is 4.03. The highest BCUT2D eigenvalue weighted by Crippen LogP contribution is 2.26. The number of imide groups is 1. The fraction of sp³-hybridized carbons (Fsp3) is 0.115. The number of esters is 1. The summed E-state index contributed by atoms with van der Waals surface area (Å²) in [6.07, 6.45) is 3.43. The van der Waals surface area contributed by atoms with E-state index in [0.29, 0.717) is 17.9 Å². The Balaban J connectivity index is 1.44. The van der Waals surface area contributed by atoms with Crippen molar-refractivity contribution in [3.63, 3.8) is 0 Å². The molecule has 0 saturated carbocycles.